The van der Waals surface area contributed by atoms with E-state index in [1.807, 2.05) is 6.20 Å². The summed E-state index contributed by atoms with van der Waals surface area (Å²) < 4.78 is 36.4. The van der Waals surface area contributed by atoms with Crippen molar-refractivity contribution in [3.8, 4) is 0 Å². The van der Waals surface area contributed by atoms with E-state index in [9.17, 15) is 13.2 Å². The van der Waals surface area contributed by atoms with Crippen LogP contribution in [0.15, 0.2) is 18.3 Å². The average molecular weight is 310 g/mol. The first-order valence-electron chi connectivity index (χ1n) is 7.92. The van der Waals surface area contributed by atoms with Crippen molar-refractivity contribution in [3.05, 3.63) is 35.0 Å². The molecule has 0 saturated heterocycles. The van der Waals surface area contributed by atoms with Crippen LogP contribution >= 0.6 is 0 Å². The topological polar surface area (TPSA) is 27.8 Å². The van der Waals surface area contributed by atoms with Crippen LogP contribution < -0.4 is 5.32 Å². The van der Waals surface area contributed by atoms with Crippen LogP contribution in [0.3, 0.4) is 0 Å². The number of halogens is 3. The molecule has 0 bridgehead atoms. The predicted molar refractivity (Wildman–Crippen MR) is 82.2 cm³/mol. The van der Waals surface area contributed by atoms with E-state index in [0.29, 0.717) is 13.0 Å². The molecule has 0 amide bonds. The second-order valence-corrected chi connectivity index (χ2v) is 6.08. The zero-order valence-electron chi connectivity index (χ0n) is 12.5. The van der Waals surface area contributed by atoms with Crippen LogP contribution in [0.4, 0.5) is 13.2 Å². The molecule has 1 aromatic carbocycles. The number of alkyl halides is 3. The highest BCUT2D eigenvalue weighted by atomic mass is 19.4. The van der Waals surface area contributed by atoms with E-state index in [4.69, 9.17) is 0 Å². The number of hydrogen-bond acceptors (Lipinski definition) is 1. The molecule has 1 aliphatic rings. The largest absolute Gasteiger partial charge is 0.401 e. The van der Waals surface area contributed by atoms with Gasteiger partial charge < -0.3 is 10.3 Å². The number of rotatable bonds is 4. The molecule has 0 fully saturated rings. The summed E-state index contributed by atoms with van der Waals surface area (Å²) in [7, 11) is 0. The van der Waals surface area contributed by atoms with Crippen LogP contribution in [0.2, 0.25) is 0 Å². The fraction of sp³-hybridized carbons (Fsp3) is 0.529. The molecule has 1 aromatic heterocycles. The van der Waals surface area contributed by atoms with Gasteiger partial charge in [-0.3, -0.25) is 0 Å². The van der Waals surface area contributed by atoms with Gasteiger partial charge in [-0.05, 0) is 67.5 Å². The van der Waals surface area contributed by atoms with Crippen molar-refractivity contribution >= 4 is 10.9 Å². The number of fused-ring (bicyclic) bond motifs is 2. The Bertz CT molecular complexity index is 643. The second kappa shape index (κ2) is 6.32. The van der Waals surface area contributed by atoms with Crippen molar-refractivity contribution in [1.29, 1.82) is 0 Å². The minimum atomic E-state index is -4.14. The van der Waals surface area contributed by atoms with Gasteiger partial charge >= 0.3 is 6.18 Å². The fourth-order valence-electron chi connectivity index (χ4n) is 3.25. The van der Waals surface area contributed by atoms with Crippen LogP contribution in [0, 0.1) is 0 Å². The summed E-state index contributed by atoms with van der Waals surface area (Å²) in [6.07, 6.45) is 4.39. The minimum Gasteiger partial charge on any atom is -0.361 e. The van der Waals surface area contributed by atoms with Crippen molar-refractivity contribution in [2.75, 3.05) is 13.1 Å². The number of aromatic nitrogens is 1. The van der Waals surface area contributed by atoms with Gasteiger partial charge in [-0.25, -0.2) is 0 Å². The van der Waals surface area contributed by atoms with Gasteiger partial charge in [-0.1, -0.05) is 6.42 Å². The lowest BCUT2D eigenvalue weighted by atomic mass is 9.99. The van der Waals surface area contributed by atoms with E-state index < -0.39 is 12.7 Å². The monoisotopic (exact) mass is 310 g/mol. The van der Waals surface area contributed by atoms with Gasteiger partial charge in [0, 0.05) is 17.1 Å². The molecule has 0 atom stereocenters. The first-order chi connectivity index (χ1) is 10.5. The maximum Gasteiger partial charge on any atom is 0.401 e. The van der Waals surface area contributed by atoms with Crippen LogP contribution in [0.1, 0.15) is 36.0 Å². The molecule has 0 saturated carbocycles. The number of benzene rings is 1. The molecular weight excluding hydrogens is 289 g/mol. The second-order valence-electron chi connectivity index (χ2n) is 6.08. The third kappa shape index (κ3) is 3.64. The number of H-pyrrole nitrogens is 1. The Kier molecular flexibility index (Phi) is 4.43. The summed E-state index contributed by atoms with van der Waals surface area (Å²) in [5.41, 5.74) is 5.03. The van der Waals surface area contributed by atoms with E-state index in [1.165, 1.54) is 30.4 Å². The minimum absolute atomic E-state index is 0.337. The molecule has 0 aliphatic heterocycles. The Labute approximate surface area is 128 Å². The lowest BCUT2D eigenvalue weighted by molar-refractivity contribution is -0.124. The number of hydrogen-bond donors (Lipinski definition) is 2. The first kappa shape index (κ1) is 15.4. The molecule has 0 spiro atoms. The Morgan fingerprint density at radius 1 is 1.05 bits per heavy atom. The molecule has 1 aliphatic carbocycles. The fourth-order valence-corrected chi connectivity index (χ4v) is 3.25. The van der Waals surface area contributed by atoms with Crippen molar-refractivity contribution in [2.45, 2.75) is 44.7 Å². The maximum absolute atomic E-state index is 12.1. The molecule has 22 heavy (non-hydrogen) atoms. The first-order valence-corrected chi connectivity index (χ1v) is 7.92. The zero-order chi connectivity index (χ0) is 15.6. The third-order valence-electron chi connectivity index (χ3n) is 4.38. The highest BCUT2D eigenvalue weighted by Crippen LogP contribution is 2.28. The molecule has 2 aromatic rings. The van der Waals surface area contributed by atoms with Crippen molar-refractivity contribution in [3.63, 3.8) is 0 Å². The smallest absolute Gasteiger partial charge is 0.361 e. The van der Waals surface area contributed by atoms with Crippen LogP contribution in [0.25, 0.3) is 10.9 Å². The number of nitrogens with one attached hydrogen (secondary N) is 2. The Balaban J connectivity index is 1.72. The molecule has 1 heterocycles. The van der Waals surface area contributed by atoms with Gasteiger partial charge in [0.1, 0.15) is 0 Å². The summed E-state index contributed by atoms with van der Waals surface area (Å²) in [4.78, 5) is 3.27. The van der Waals surface area contributed by atoms with E-state index in [0.717, 1.165) is 29.3 Å². The van der Waals surface area contributed by atoms with Crippen LogP contribution in [0.5, 0.6) is 0 Å². The van der Waals surface area contributed by atoms with Crippen molar-refractivity contribution in [1.82, 2.24) is 10.3 Å². The lowest BCUT2D eigenvalue weighted by Gasteiger charge is -2.09. The number of aromatic amines is 1. The van der Waals surface area contributed by atoms with Gasteiger partial charge in [0.25, 0.3) is 0 Å². The van der Waals surface area contributed by atoms with Gasteiger partial charge in [-0.2, -0.15) is 13.2 Å². The predicted octanol–water partition coefficient (Wildman–Crippen LogP) is 4.13. The standard InChI is InChI=1S/C17H21F3N2/c18-17(19,20)11-21-7-6-14-10-22-16-9-13-5-3-1-2-4-12(13)8-15(14)16/h8-10,21-22H,1-7,11H2. The molecule has 120 valence electrons. The summed E-state index contributed by atoms with van der Waals surface area (Å²) in [5.74, 6) is 0. The molecule has 3 rings (SSSR count). The highest BCUT2D eigenvalue weighted by Gasteiger charge is 2.26. The van der Waals surface area contributed by atoms with Gasteiger partial charge in [-0.15, -0.1) is 0 Å². The van der Waals surface area contributed by atoms with E-state index in [-0.39, 0.29) is 0 Å². The summed E-state index contributed by atoms with van der Waals surface area (Å²) in [6, 6.07) is 4.47. The molecule has 0 unspecified atom stereocenters. The summed E-state index contributed by atoms with van der Waals surface area (Å²) >= 11 is 0. The van der Waals surface area contributed by atoms with E-state index in [2.05, 4.69) is 22.4 Å². The Morgan fingerprint density at radius 2 is 1.77 bits per heavy atom. The highest BCUT2D eigenvalue weighted by molar-refractivity contribution is 5.85. The average Bonchev–Trinajstić information content (AvgIpc) is 2.69. The third-order valence-corrected chi connectivity index (χ3v) is 4.38. The Hall–Kier alpha value is -1.49. The van der Waals surface area contributed by atoms with Crippen molar-refractivity contribution < 1.29 is 13.2 Å². The summed E-state index contributed by atoms with van der Waals surface area (Å²) in [5, 5.41) is 3.62. The SMILES string of the molecule is FC(F)(F)CNCCc1c[nH]c2cc3c(cc12)CCCCC3. The van der Waals surface area contributed by atoms with E-state index in [1.54, 1.807) is 0 Å². The Morgan fingerprint density at radius 3 is 2.50 bits per heavy atom. The van der Waals surface area contributed by atoms with Crippen LogP contribution in [-0.2, 0) is 19.3 Å². The lowest BCUT2D eigenvalue weighted by Crippen LogP contribution is -2.30. The van der Waals surface area contributed by atoms with Crippen LogP contribution in [-0.4, -0.2) is 24.2 Å². The maximum atomic E-state index is 12.1. The quantitative estimate of drug-likeness (QED) is 0.645. The zero-order valence-corrected chi connectivity index (χ0v) is 12.5. The molecular formula is C17H21F3N2. The van der Waals surface area contributed by atoms with Gasteiger partial charge in [0.15, 0.2) is 0 Å². The van der Waals surface area contributed by atoms with Gasteiger partial charge in [0.2, 0.25) is 0 Å². The molecule has 2 nitrogen and oxygen atoms in total. The normalized spacial score (nSPS) is 15.8. The molecule has 5 heteroatoms. The number of aryl methyl sites for hydroxylation is 2. The summed E-state index contributed by atoms with van der Waals surface area (Å²) in [6.45, 7) is -0.589. The van der Waals surface area contributed by atoms with E-state index >= 15 is 0 Å². The molecule has 2 N–H and O–H groups in total. The van der Waals surface area contributed by atoms with Crippen molar-refractivity contribution in [2.24, 2.45) is 0 Å². The van der Waals surface area contributed by atoms with Gasteiger partial charge in [0.05, 0.1) is 6.54 Å². The molecule has 0 radical (unpaired) electrons.